The van der Waals surface area contributed by atoms with E-state index in [1.807, 2.05) is 85.7 Å². The van der Waals surface area contributed by atoms with Crippen molar-refractivity contribution in [3.05, 3.63) is 108 Å². The van der Waals surface area contributed by atoms with Crippen LogP contribution in [-0.4, -0.2) is 115 Å². The number of fused-ring (bicyclic) bond motifs is 2. The lowest BCUT2D eigenvalue weighted by Crippen LogP contribution is -2.65. The predicted octanol–water partition coefficient (Wildman–Crippen LogP) is 3.68. The summed E-state index contributed by atoms with van der Waals surface area (Å²) in [6.07, 6.45) is -0.886. The molecule has 2 aliphatic rings. The van der Waals surface area contributed by atoms with Crippen molar-refractivity contribution in [2.24, 2.45) is 0 Å². The van der Waals surface area contributed by atoms with Gasteiger partial charge in [0.15, 0.2) is 0 Å². The Kier molecular flexibility index (Phi) is 11.2. The van der Waals surface area contributed by atoms with E-state index in [-0.39, 0.29) is 43.9 Å². The zero-order valence-electron chi connectivity index (χ0n) is 30.0. The molecule has 2 atom stereocenters. The van der Waals surface area contributed by atoms with Gasteiger partial charge in [0.05, 0.1) is 20.2 Å². The number of ether oxygens (including phenoxy) is 2. The zero-order valence-corrected chi connectivity index (χ0v) is 30.0. The summed E-state index contributed by atoms with van der Waals surface area (Å²) in [6.45, 7) is 1.92. The number of methoxy groups -OCH3 is 1. The Hall–Kier alpha value is -5.66. The van der Waals surface area contributed by atoms with Crippen LogP contribution in [0.15, 0.2) is 91.0 Å². The molecule has 13 nitrogen and oxygen atoms in total. The summed E-state index contributed by atoms with van der Waals surface area (Å²) >= 11 is 0. The van der Waals surface area contributed by atoms with Gasteiger partial charge < -0.3 is 34.8 Å². The number of carbonyl (C=O) groups excluding carboxylic acids is 4. The summed E-state index contributed by atoms with van der Waals surface area (Å²) in [5, 5.41) is 10.9. The number of carbonyl (C=O) groups is 4. The molecule has 2 aliphatic heterocycles. The smallest absolute Gasteiger partial charge is 0.412 e. The number of hydrazine groups is 1. The summed E-state index contributed by atoms with van der Waals surface area (Å²) in [4.78, 5) is 59.2. The fourth-order valence-electron chi connectivity index (χ4n) is 6.68. The third-order valence-electron chi connectivity index (χ3n) is 9.48. The molecule has 13 heteroatoms. The Morgan fingerprint density at radius 1 is 0.846 bits per heavy atom. The molecule has 0 bridgehead atoms. The van der Waals surface area contributed by atoms with Gasteiger partial charge in [0.25, 0.3) is 0 Å². The summed E-state index contributed by atoms with van der Waals surface area (Å²) in [5.41, 5.74) is 2.68. The lowest BCUT2D eigenvalue weighted by Gasteiger charge is -2.46. The molecule has 4 aromatic rings. The molecule has 2 saturated heterocycles. The molecule has 2 fully saturated rings. The van der Waals surface area contributed by atoms with Crippen molar-refractivity contribution in [2.45, 2.75) is 31.7 Å². The number of hydrogen-bond acceptors (Lipinski definition) is 8. The second kappa shape index (κ2) is 16.1. The van der Waals surface area contributed by atoms with Gasteiger partial charge in [-0.3, -0.25) is 14.6 Å². The van der Waals surface area contributed by atoms with Crippen LogP contribution in [-0.2, 0) is 29.1 Å². The highest BCUT2D eigenvalue weighted by atomic mass is 16.6. The van der Waals surface area contributed by atoms with Crippen molar-refractivity contribution in [3.63, 3.8) is 0 Å². The molecule has 0 aromatic heterocycles. The quantitative estimate of drug-likeness (QED) is 0.229. The third-order valence-corrected chi connectivity index (χ3v) is 9.48. The lowest BCUT2D eigenvalue weighted by atomic mass is 9.99. The topological polar surface area (TPSA) is 127 Å². The molecular weight excluding hydrogens is 662 g/mol. The van der Waals surface area contributed by atoms with Gasteiger partial charge in [-0.15, -0.1) is 0 Å². The number of nitrogens with zero attached hydrogens (tertiary/aromatic N) is 5. The van der Waals surface area contributed by atoms with Crippen molar-refractivity contribution in [1.29, 1.82) is 0 Å². The van der Waals surface area contributed by atoms with Crippen LogP contribution in [0.1, 0.15) is 16.7 Å². The van der Waals surface area contributed by atoms with Crippen LogP contribution >= 0.6 is 0 Å². The number of hydrogen-bond donors (Lipinski definition) is 2. The maximum absolute atomic E-state index is 14.4. The highest BCUT2D eigenvalue weighted by Crippen LogP contribution is 2.31. The van der Waals surface area contributed by atoms with Crippen molar-refractivity contribution >= 4 is 34.7 Å². The maximum Gasteiger partial charge on any atom is 0.412 e. The van der Waals surface area contributed by atoms with Crippen LogP contribution in [0.2, 0.25) is 0 Å². The first-order valence-corrected chi connectivity index (χ1v) is 17.3. The van der Waals surface area contributed by atoms with Gasteiger partial charge in [-0.2, -0.15) is 5.01 Å². The monoisotopic (exact) mass is 707 g/mol. The first-order chi connectivity index (χ1) is 25.1. The maximum atomic E-state index is 14.4. The van der Waals surface area contributed by atoms with Crippen LogP contribution in [0, 0.1) is 0 Å². The Morgan fingerprint density at radius 3 is 2.27 bits per heavy atom. The van der Waals surface area contributed by atoms with E-state index in [9.17, 15) is 19.2 Å². The number of benzene rings is 4. The fourth-order valence-corrected chi connectivity index (χ4v) is 6.68. The molecule has 0 aliphatic carbocycles. The van der Waals surface area contributed by atoms with E-state index in [4.69, 9.17) is 9.47 Å². The molecule has 5 amide bonds. The van der Waals surface area contributed by atoms with Gasteiger partial charge in [-0.05, 0) is 65.8 Å². The number of piperazine rings is 1. The summed E-state index contributed by atoms with van der Waals surface area (Å²) in [7, 11) is 7.07. The average molecular weight is 708 g/mol. The van der Waals surface area contributed by atoms with E-state index in [2.05, 4.69) is 10.6 Å². The first kappa shape index (κ1) is 36.1. The average Bonchev–Trinajstić information content (AvgIpc) is 3.48. The van der Waals surface area contributed by atoms with Gasteiger partial charge in [0.2, 0.25) is 11.8 Å². The summed E-state index contributed by atoms with van der Waals surface area (Å²) in [6, 6.07) is 27.3. The summed E-state index contributed by atoms with van der Waals surface area (Å²) < 4.78 is 10.7. The van der Waals surface area contributed by atoms with E-state index in [1.165, 1.54) is 5.01 Å². The highest BCUT2D eigenvalue weighted by molar-refractivity contribution is 5.92. The SMILES string of the molecule is COc1ccc(CNC(=O)N(C)N2CC(=O)N3[C@@H](Cc4ccc(OC(=O)NCCN(C)C)cc4)C(=O)N(Cc4cccc5ccccc45)C[C@@H]32)cc1. The van der Waals surface area contributed by atoms with E-state index >= 15 is 0 Å². The molecule has 0 spiro atoms. The second-order valence-corrected chi connectivity index (χ2v) is 13.3. The first-order valence-electron chi connectivity index (χ1n) is 17.3. The molecule has 0 unspecified atom stereocenters. The zero-order chi connectivity index (χ0) is 36.8. The lowest BCUT2D eigenvalue weighted by molar-refractivity contribution is -0.157. The van der Waals surface area contributed by atoms with Crippen molar-refractivity contribution in [1.82, 2.24) is 35.4 Å². The second-order valence-electron chi connectivity index (χ2n) is 13.3. The molecule has 0 radical (unpaired) electrons. The molecule has 4 aromatic carbocycles. The normalized spacial score (nSPS) is 17.3. The number of rotatable bonds is 12. The van der Waals surface area contributed by atoms with Crippen LogP contribution < -0.4 is 20.1 Å². The molecule has 6 rings (SSSR count). The van der Waals surface area contributed by atoms with Gasteiger partial charge in [-0.1, -0.05) is 66.7 Å². The van der Waals surface area contributed by atoms with Gasteiger partial charge in [0, 0.05) is 39.6 Å². The number of nitrogens with one attached hydrogen (secondary N) is 2. The van der Waals surface area contributed by atoms with Crippen LogP contribution in [0.4, 0.5) is 9.59 Å². The molecular formula is C39H45N7O6. The molecule has 2 heterocycles. The fraction of sp³-hybridized carbons (Fsp3) is 0.333. The van der Waals surface area contributed by atoms with Gasteiger partial charge >= 0.3 is 12.1 Å². The Labute approximate surface area is 303 Å². The van der Waals surface area contributed by atoms with Crippen molar-refractivity contribution in [2.75, 3.05) is 54.4 Å². The number of likely N-dealkylation sites (N-methyl/N-ethyl adjacent to an activating group) is 1. The van der Waals surface area contributed by atoms with E-state index < -0.39 is 18.3 Å². The molecule has 272 valence electrons. The Bertz CT molecular complexity index is 1900. The van der Waals surface area contributed by atoms with Crippen LogP contribution in [0.25, 0.3) is 10.8 Å². The Morgan fingerprint density at radius 2 is 1.54 bits per heavy atom. The van der Waals surface area contributed by atoms with Gasteiger partial charge in [-0.25, -0.2) is 9.59 Å². The van der Waals surface area contributed by atoms with Crippen LogP contribution in [0.3, 0.4) is 0 Å². The Balaban J connectivity index is 1.21. The largest absolute Gasteiger partial charge is 0.497 e. The molecule has 52 heavy (non-hydrogen) atoms. The predicted molar refractivity (Wildman–Crippen MR) is 196 cm³/mol. The van der Waals surface area contributed by atoms with E-state index in [0.29, 0.717) is 25.4 Å². The minimum absolute atomic E-state index is 0.0568. The summed E-state index contributed by atoms with van der Waals surface area (Å²) in [5.74, 6) is 0.672. The molecule has 2 N–H and O–H groups in total. The highest BCUT2D eigenvalue weighted by Gasteiger charge is 2.51. The van der Waals surface area contributed by atoms with Gasteiger partial charge in [0.1, 0.15) is 23.7 Å². The molecule has 0 saturated carbocycles. The van der Waals surface area contributed by atoms with Crippen molar-refractivity contribution < 1.29 is 28.7 Å². The minimum Gasteiger partial charge on any atom is -0.497 e. The van der Waals surface area contributed by atoms with Crippen molar-refractivity contribution in [3.8, 4) is 11.5 Å². The van der Waals surface area contributed by atoms with E-state index in [1.54, 1.807) is 53.2 Å². The number of amides is 5. The van der Waals surface area contributed by atoms with Crippen LogP contribution in [0.5, 0.6) is 11.5 Å². The van der Waals surface area contributed by atoms with E-state index in [0.717, 1.165) is 33.2 Å². The minimum atomic E-state index is -0.817. The standard InChI is InChI=1S/C39H45N7O6/c1-42(2)21-20-40-39(50)52-32-18-12-27(13-19-32)22-34-37(48)44(24-30-10-7-9-29-8-5-6-11-33(29)30)25-35-45(26-36(47)46(34)35)43(3)38(49)41-23-28-14-16-31(51-4)17-15-28/h5-19,34-35H,20-26H2,1-4H3,(H,40,50)(H,41,49)/t34-,35+/m0/s1. The number of urea groups is 1. The third kappa shape index (κ3) is 8.27.